The van der Waals surface area contributed by atoms with E-state index in [0.29, 0.717) is 13.1 Å². The van der Waals surface area contributed by atoms with Crippen LogP contribution in [0, 0.1) is 11.7 Å². The number of rotatable bonds is 5. The molecular formula is C21H25F2N3O4. The molecule has 1 aliphatic heterocycles. The van der Waals surface area contributed by atoms with Crippen molar-refractivity contribution < 1.29 is 23.4 Å². The number of fused-ring (bicyclic) bond motifs is 1. The summed E-state index contributed by atoms with van der Waals surface area (Å²) in [5.41, 5.74) is 4.89. The van der Waals surface area contributed by atoms with Crippen molar-refractivity contribution in [2.75, 3.05) is 25.1 Å². The lowest BCUT2D eigenvalue weighted by atomic mass is 9.88. The molecule has 1 aromatic heterocycles. The van der Waals surface area contributed by atoms with E-state index >= 15 is 4.39 Å². The fraction of sp³-hybridized carbons (Fsp3) is 0.524. The third-order valence-corrected chi connectivity index (χ3v) is 6.39. The number of halogens is 2. The van der Waals surface area contributed by atoms with Gasteiger partial charge in [0.15, 0.2) is 11.6 Å². The fourth-order valence-corrected chi connectivity index (χ4v) is 4.63. The summed E-state index contributed by atoms with van der Waals surface area (Å²) in [6.45, 7) is 4.83. The molecule has 30 heavy (non-hydrogen) atoms. The molecule has 0 radical (unpaired) electrons. The summed E-state index contributed by atoms with van der Waals surface area (Å²) >= 11 is 0. The highest BCUT2D eigenvalue weighted by Gasteiger charge is 2.43. The van der Waals surface area contributed by atoms with Gasteiger partial charge in [0.05, 0.1) is 24.1 Å². The van der Waals surface area contributed by atoms with E-state index in [1.165, 1.54) is 11.7 Å². The van der Waals surface area contributed by atoms with Crippen LogP contribution in [0.1, 0.15) is 43.1 Å². The minimum Gasteiger partial charge on any atom is -0.492 e. The van der Waals surface area contributed by atoms with E-state index in [2.05, 4.69) is 0 Å². The Morgan fingerprint density at radius 3 is 2.63 bits per heavy atom. The number of aromatic nitrogens is 1. The highest BCUT2D eigenvalue weighted by molar-refractivity contribution is 5.97. The van der Waals surface area contributed by atoms with E-state index in [1.54, 1.807) is 4.90 Å². The number of carbonyl (C=O) groups is 1. The number of ether oxygens (including phenoxy) is 1. The van der Waals surface area contributed by atoms with Gasteiger partial charge in [-0.1, -0.05) is 6.92 Å². The normalized spacial score (nSPS) is 28.2. The maximum atomic E-state index is 15.3. The van der Waals surface area contributed by atoms with Gasteiger partial charge in [0, 0.05) is 31.2 Å². The van der Waals surface area contributed by atoms with Crippen molar-refractivity contribution in [1.29, 1.82) is 0 Å². The minimum absolute atomic E-state index is 0.0886. The van der Waals surface area contributed by atoms with Gasteiger partial charge in [-0.05, 0) is 25.3 Å². The number of pyridine rings is 1. The first-order valence-electron chi connectivity index (χ1n) is 9.97. The molecule has 0 bridgehead atoms. The molecule has 3 N–H and O–H groups in total. The first kappa shape index (κ1) is 20.6. The average Bonchev–Trinajstić information content (AvgIpc) is 3.31. The number of benzene rings is 1. The molecule has 0 spiro atoms. The van der Waals surface area contributed by atoms with Gasteiger partial charge in [-0.15, -0.1) is 0 Å². The minimum atomic E-state index is -1.45. The summed E-state index contributed by atoms with van der Waals surface area (Å²) in [5, 5.41) is 9.26. The molecule has 4 rings (SSSR count). The third kappa shape index (κ3) is 3.03. The molecule has 9 heteroatoms. The van der Waals surface area contributed by atoms with Gasteiger partial charge >= 0.3 is 5.97 Å². The van der Waals surface area contributed by atoms with Gasteiger partial charge in [0.25, 0.3) is 0 Å². The van der Waals surface area contributed by atoms with E-state index in [1.807, 2.05) is 13.8 Å². The predicted octanol–water partition coefficient (Wildman–Crippen LogP) is 2.69. The second-order valence-corrected chi connectivity index (χ2v) is 8.53. The van der Waals surface area contributed by atoms with Crippen LogP contribution in [0.25, 0.3) is 10.9 Å². The van der Waals surface area contributed by atoms with Crippen molar-refractivity contribution in [2.24, 2.45) is 11.7 Å². The second-order valence-electron chi connectivity index (χ2n) is 8.53. The number of methoxy groups -OCH3 is 1. The topological polar surface area (TPSA) is 97.8 Å². The number of nitrogens with zero attached hydrogens (tertiary/aromatic N) is 2. The lowest BCUT2D eigenvalue weighted by Crippen LogP contribution is -2.44. The zero-order valence-corrected chi connectivity index (χ0v) is 17.1. The number of carboxylic acids is 1. The monoisotopic (exact) mass is 421 g/mol. The number of hydrogen-bond donors (Lipinski definition) is 2. The lowest BCUT2D eigenvalue weighted by molar-refractivity contribution is 0.0694. The van der Waals surface area contributed by atoms with Gasteiger partial charge in [-0.25, -0.2) is 13.6 Å². The second kappa shape index (κ2) is 6.94. The van der Waals surface area contributed by atoms with Crippen LogP contribution in [0.2, 0.25) is 0 Å². The first-order chi connectivity index (χ1) is 14.1. The number of aromatic carboxylic acids is 1. The van der Waals surface area contributed by atoms with Crippen LogP contribution in [0.3, 0.4) is 0 Å². The van der Waals surface area contributed by atoms with E-state index in [9.17, 15) is 19.1 Å². The van der Waals surface area contributed by atoms with Gasteiger partial charge in [-0.2, -0.15) is 0 Å². The molecule has 162 valence electrons. The molecule has 1 aliphatic carbocycles. The summed E-state index contributed by atoms with van der Waals surface area (Å²) < 4.78 is 36.2. The Kier molecular flexibility index (Phi) is 4.76. The Morgan fingerprint density at radius 2 is 2.13 bits per heavy atom. The van der Waals surface area contributed by atoms with E-state index in [-0.39, 0.29) is 34.7 Å². The van der Waals surface area contributed by atoms with Crippen molar-refractivity contribution in [3.05, 3.63) is 33.9 Å². The van der Waals surface area contributed by atoms with Crippen molar-refractivity contribution >= 4 is 22.6 Å². The van der Waals surface area contributed by atoms with Crippen LogP contribution in [0.4, 0.5) is 14.5 Å². The van der Waals surface area contributed by atoms with Crippen LogP contribution >= 0.6 is 0 Å². The molecule has 7 nitrogen and oxygen atoms in total. The van der Waals surface area contributed by atoms with Gasteiger partial charge in [0.1, 0.15) is 17.4 Å². The first-order valence-corrected chi connectivity index (χ1v) is 9.97. The Balaban J connectivity index is 2.01. The van der Waals surface area contributed by atoms with Crippen LogP contribution in [0.5, 0.6) is 5.75 Å². The van der Waals surface area contributed by atoms with E-state index in [4.69, 9.17) is 10.5 Å². The molecule has 2 fully saturated rings. The molecule has 0 amide bonds. The summed E-state index contributed by atoms with van der Waals surface area (Å²) in [6.07, 6.45) is 0.973. The Bertz CT molecular complexity index is 1100. The maximum Gasteiger partial charge on any atom is 0.341 e. The lowest BCUT2D eigenvalue weighted by Gasteiger charge is -2.26. The summed E-state index contributed by atoms with van der Waals surface area (Å²) in [5.74, 6) is -1.93. The van der Waals surface area contributed by atoms with Crippen LogP contribution < -0.4 is 20.8 Å². The number of carboxylic acid groups (broad SMARTS) is 1. The molecule has 3 unspecified atom stereocenters. The van der Waals surface area contributed by atoms with Crippen molar-refractivity contribution in [2.45, 2.75) is 44.4 Å². The summed E-state index contributed by atoms with van der Waals surface area (Å²) in [7, 11) is 1.35. The summed E-state index contributed by atoms with van der Waals surface area (Å²) in [4.78, 5) is 26.1. The largest absolute Gasteiger partial charge is 0.492 e. The number of hydrogen-bond acceptors (Lipinski definition) is 5. The molecular weight excluding hydrogens is 396 g/mol. The Hall–Kier alpha value is -2.68. The predicted molar refractivity (Wildman–Crippen MR) is 109 cm³/mol. The Labute approximate surface area is 172 Å². The standard InChI is InChI=1S/C21H25F2N3O4/c1-4-10-7-25(9-21(10,2)24)17-14(23)5-11-16(19(17)30-3)26(15-6-13(15)22)8-12(18(11)27)20(28)29/h5,8,10,13,15H,4,6-7,9,24H2,1-3H3,(H,28,29)/t10?,13-,15?,21?/m0/s1. The number of anilines is 1. The SMILES string of the molecule is CCC1CN(c2c(F)cc3c(=O)c(C(=O)O)cn(C4C[C@@H]4F)c3c2OC)CC1(C)N. The molecule has 2 aromatic rings. The molecule has 2 heterocycles. The van der Waals surface area contributed by atoms with Crippen LogP contribution in [0.15, 0.2) is 17.1 Å². The molecule has 1 saturated heterocycles. The molecule has 2 aliphatic rings. The summed E-state index contributed by atoms with van der Waals surface area (Å²) in [6, 6.07) is 0.404. The van der Waals surface area contributed by atoms with Crippen molar-refractivity contribution in [3.8, 4) is 5.75 Å². The fourth-order valence-electron chi connectivity index (χ4n) is 4.63. The number of alkyl halides is 1. The molecule has 4 atom stereocenters. The molecule has 1 aromatic carbocycles. The van der Waals surface area contributed by atoms with Crippen molar-refractivity contribution in [1.82, 2.24) is 4.57 Å². The molecule has 1 saturated carbocycles. The highest BCUT2D eigenvalue weighted by atomic mass is 19.1. The average molecular weight is 421 g/mol. The highest BCUT2D eigenvalue weighted by Crippen LogP contribution is 2.46. The van der Waals surface area contributed by atoms with Gasteiger partial charge in [0.2, 0.25) is 5.43 Å². The maximum absolute atomic E-state index is 15.3. The van der Waals surface area contributed by atoms with Gasteiger partial charge in [-0.3, -0.25) is 4.79 Å². The van der Waals surface area contributed by atoms with E-state index in [0.717, 1.165) is 18.7 Å². The smallest absolute Gasteiger partial charge is 0.341 e. The van der Waals surface area contributed by atoms with E-state index < -0.39 is 40.5 Å². The third-order valence-electron chi connectivity index (χ3n) is 6.39. The Morgan fingerprint density at radius 1 is 1.47 bits per heavy atom. The zero-order chi connectivity index (χ0) is 22.0. The zero-order valence-electron chi connectivity index (χ0n) is 17.1. The number of nitrogens with two attached hydrogens (primary N) is 1. The van der Waals surface area contributed by atoms with Gasteiger partial charge < -0.3 is 25.0 Å². The quantitative estimate of drug-likeness (QED) is 0.771. The van der Waals surface area contributed by atoms with Crippen molar-refractivity contribution in [3.63, 3.8) is 0 Å². The van der Waals surface area contributed by atoms with Crippen LogP contribution in [-0.2, 0) is 0 Å². The van der Waals surface area contributed by atoms with Crippen LogP contribution in [-0.4, -0.2) is 47.6 Å².